The fourth-order valence-corrected chi connectivity index (χ4v) is 4.05. The summed E-state index contributed by atoms with van der Waals surface area (Å²) in [4.78, 5) is 5.07. The van der Waals surface area contributed by atoms with E-state index in [4.69, 9.17) is 9.47 Å². The molecule has 1 saturated heterocycles. The number of likely N-dealkylation sites (N-methyl/N-ethyl adjacent to an activating group) is 1. The van der Waals surface area contributed by atoms with Gasteiger partial charge in [0.2, 0.25) is 0 Å². The lowest BCUT2D eigenvalue weighted by Gasteiger charge is -2.35. The van der Waals surface area contributed by atoms with Gasteiger partial charge in [-0.1, -0.05) is 6.42 Å². The van der Waals surface area contributed by atoms with E-state index in [9.17, 15) is 0 Å². The zero-order valence-electron chi connectivity index (χ0n) is 13.5. The standard InChI is InChI=1S/C16H32N2O2/c1-17(7-9-19-2)11-14-5-4-6-15-12-18(8-10-20-3)13-16(14)15/h14-16H,4-13H2,1-3H3/t14-,15+,16+/m0/s1. The summed E-state index contributed by atoms with van der Waals surface area (Å²) in [7, 11) is 5.83. The van der Waals surface area contributed by atoms with Crippen LogP contribution >= 0.6 is 0 Å². The summed E-state index contributed by atoms with van der Waals surface area (Å²) in [6.07, 6.45) is 4.27. The lowest BCUT2D eigenvalue weighted by Crippen LogP contribution is -2.37. The van der Waals surface area contributed by atoms with Crippen LogP contribution < -0.4 is 0 Å². The molecule has 0 bridgehead atoms. The fourth-order valence-electron chi connectivity index (χ4n) is 4.05. The second-order valence-electron chi connectivity index (χ2n) is 6.62. The van der Waals surface area contributed by atoms with E-state index in [0.717, 1.165) is 44.1 Å². The summed E-state index contributed by atoms with van der Waals surface area (Å²) in [5, 5.41) is 0. The van der Waals surface area contributed by atoms with Crippen molar-refractivity contribution in [3.63, 3.8) is 0 Å². The van der Waals surface area contributed by atoms with Crippen LogP contribution in [0.5, 0.6) is 0 Å². The van der Waals surface area contributed by atoms with Crippen LogP contribution in [0.1, 0.15) is 19.3 Å². The Balaban J connectivity index is 1.81. The topological polar surface area (TPSA) is 24.9 Å². The van der Waals surface area contributed by atoms with Crippen LogP contribution in [0.25, 0.3) is 0 Å². The number of nitrogens with zero attached hydrogens (tertiary/aromatic N) is 2. The number of hydrogen-bond acceptors (Lipinski definition) is 4. The van der Waals surface area contributed by atoms with Crippen LogP contribution in [0.15, 0.2) is 0 Å². The van der Waals surface area contributed by atoms with Crippen LogP contribution in [0.4, 0.5) is 0 Å². The normalized spacial score (nSPS) is 30.9. The van der Waals surface area contributed by atoms with Crippen molar-refractivity contribution in [2.24, 2.45) is 17.8 Å². The van der Waals surface area contributed by atoms with E-state index in [1.54, 1.807) is 14.2 Å². The monoisotopic (exact) mass is 284 g/mol. The molecule has 0 unspecified atom stereocenters. The lowest BCUT2D eigenvalue weighted by molar-refractivity contribution is 0.116. The molecule has 3 atom stereocenters. The highest BCUT2D eigenvalue weighted by molar-refractivity contribution is 4.92. The van der Waals surface area contributed by atoms with Crippen molar-refractivity contribution in [3.8, 4) is 0 Å². The molecule has 118 valence electrons. The maximum absolute atomic E-state index is 5.23. The molecule has 1 heterocycles. The molecule has 1 aliphatic heterocycles. The first-order valence-corrected chi connectivity index (χ1v) is 8.13. The van der Waals surface area contributed by atoms with Crippen molar-refractivity contribution >= 4 is 0 Å². The number of hydrogen-bond donors (Lipinski definition) is 0. The first kappa shape index (κ1) is 16.2. The average Bonchev–Trinajstić information content (AvgIpc) is 2.87. The molecule has 0 aromatic carbocycles. The summed E-state index contributed by atoms with van der Waals surface area (Å²) in [5.41, 5.74) is 0. The van der Waals surface area contributed by atoms with E-state index in [1.807, 2.05) is 0 Å². The van der Waals surface area contributed by atoms with Gasteiger partial charge in [0.05, 0.1) is 13.2 Å². The number of likely N-dealkylation sites (tertiary alicyclic amines) is 1. The van der Waals surface area contributed by atoms with E-state index < -0.39 is 0 Å². The minimum Gasteiger partial charge on any atom is -0.383 e. The van der Waals surface area contributed by atoms with Gasteiger partial charge in [0.15, 0.2) is 0 Å². The molecule has 0 spiro atoms. The van der Waals surface area contributed by atoms with Gasteiger partial charge in [-0.05, 0) is 37.6 Å². The number of methoxy groups -OCH3 is 2. The molecule has 20 heavy (non-hydrogen) atoms. The van der Waals surface area contributed by atoms with Crippen molar-refractivity contribution in [2.45, 2.75) is 19.3 Å². The maximum Gasteiger partial charge on any atom is 0.0589 e. The first-order chi connectivity index (χ1) is 9.74. The SMILES string of the molecule is COCCN(C)C[C@@H]1CCC[C@@H]2CN(CCOC)C[C@@H]21. The van der Waals surface area contributed by atoms with E-state index >= 15 is 0 Å². The second kappa shape index (κ2) is 8.32. The Morgan fingerprint density at radius 3 is 2.65 bits per heavy atom. The van der Waals surface area contributed by atoms with E-state index in [-0.39, 0.29) is 0 Å². The zero-order valence-corrected chi connectivity index (χ0v) is 13.5. The molecule has 1 saturated carbocycles. The van der Waals surface area contributed by atoms with Gasteiger partial charge in [-0.15, -0.1) is 0 Å². The smallest absolute Gasteiger partial charge is 0.0589 e. The number of rotatable bonds is 8. The maximum atomic E-state index is 5.23. The third-order valence-corrected chi connectivity index (χ3v) is 5.16. The highest BCUT2D eigenvalue weighted by atomic mass is 16.5. The molecule has 2 aliphatic rings. The van der Waals surface area contributed by atoms with Gasteiger partial charge in [0.25, 0.3) is 0 Å². The number of ether oxygens (including phenoxy) is 2. The third-order valence-electron chi connectivity index (χ3n) is 5.16. The fraction of sp³-hybridized carbons (Fsp3) is 1.00. The molecule has 0 radical (unpaired) electrons. The largest absolute Gasteiger partial charge is 0.383 e. The van der Waals surface area contributed by atoms with Gasteiger partial charge in [-0.3, -0.25) is 0 Å². The second-order valence-corrected chi connectivity index (χ2v) is 6.62. The van der Waals surface area contributed by atoms with Crippen LogP contribution in [0, 0.1) is 17.8 Å². The van der Waals surface area contributed by atoms with Crippen molar-refractivity contribution in [1.29, 1.82) is 0 Å². The summed E-state index contributed by atoms with van der Waals surface area (Å²) in [5.74, 6) is 2.72. The van der Waals surface area contributed by atoms with Crippen LogP contribution in [0.2, 0.25) is 0 Å². The Morgan fingerprint density at radius 1 is 1.10 bits per heavy atom. The Kier molecular flexibility index (Phi) is 6.75. The highest BCUT2D eigenvalue weighted by Crippen LogP contribution is 2.40. The van der Waals surface area contributed by atoms with Crippen LogP contribution in [-0.4, -0.2) is 77.0 Å². The summed E-state index contributed by atoms with van der Waals surface area (Å²) in [6.45, 7) is 7.70. The lowest BCUT2D eigenvalue weighted by atomic mass is 9.74. The summed E-state index contributed by atoms with van der Waals surface area (Å²) >= 11 is 0. The van der Waals surface area contributed by atoms with Crippen molar-refractivity contribution in [2.75, 3.05) is 67.2 Å². The minimum absolute atomic E-state index is 0.845. The molecule has 0 N–H and O–H groups in total. The van der Waals surface area contributed by atoms with Crippen molar-refractivity contribution in [3.05, 3.63) is 0 Å². The molecule has 0 amide bonds. The van der Waals surface area contributed by atoms with E-state index in [2.05, 4.69) is 16.8 Å². The predicted molar refractivity (Wildman–Crippen MR) is 82.0 cm³/mol. The Hall–Kier alpha value is -0.160. The Morgan fingerprint density at radius 2 is 1.90 bits per heavy atom. The Bertz CT molecular complexity index is 275. The van der Waals surface area contributed by atoms with Crippen LogP contribution in [-0.2, 0) is 9.47 Å². The molecule has 2 fully saturated rings. The molecule has 0 aromatic rings. The molecule has 1 aliphatic carbocycles. The van der Waals surface area contributed by atoms with Gasteiger partial charge in [0, 0.05) is 46.9 Å². The van der Waals surface area contributed by atoms with Crippen LogP contribution in [0.3, 0.4) is 0 Å². The third kappa shape index (κ3) is 4.42. The number of fused-ring (bicyclic) bond motifs is 1. The molecule has 0 aromatic heterocycles. The van der Waals surface area contributed by atoms with Gasteiger partial charge >= 0.3 is 0 Å². The van der Waals surface area contributed by atoms with Gasteiger partial charge in [-0.25, -0.2) is 0 Å². The summed E-state index contributed by atoms with van der Waals surface area (Å²) in [6, 6.07) is 0. The quantitative estimate of drug-likeness (QED) is 0.675. The molecule has 2 rings (SSSR count). The molecular formula is C16H32N2O2. The minimum atomic E-state index is 0.845. The van der Waals surface area contributed by atoms with Gasteiger partial charge in [0.1, 0.15) is 0 Å². The highest BCUT2D eigenvalue weighted by Gasteiger charge is 2.39. The molecular weight excluding hydrogens is 252 g/mol. The zero-order chi connectivity index (χ0) is 14.4. The molecule has 4 nitrogen and oxygen atoms in total. The van der Waals surface area contributed by atoms with Crippen molar-refractivity contribution in [1.82, 2.24) is 9.80 Å². The predicted octanol–water partition coefficient (Wildman–Crippen LogP) is 1.56. The summed E-state index contributed by atoms with van der Waals surface area (Å²) < 4.78 is 10.4. The van der Waals surface area contributed by atoms with Gasteiger partial charge < -0.3 is 19.3 Å². The van der Waals surface area contributed by atoms with E-state index in [1.165, 1.54) is 38.9 Å². The first-order valence-electron chi connectivity index (χ1n) is 8.13. The average molecular weight is 284 g/mol. The Labute approximate surface area is 124 Å². The van der Waals surface area contributed by atoms with Gasteiger partial charge in [-0.2, -0.15) is 0 Å². The van der Waals surface area contributed by atoms with E-state index in [0.29, 0.717) is 0 Å². The van der Waals surface area contributed by atoms with Crippen molar-refractivity contribution < 1.29 is 9.47 Å². The molecule has 4 heteroatoms.